The van der Waals surface area contributed by atoms with Crippen molar-refractivity contribution in [2.24, 2.45) is 0 Å². The van der Waals surface area contributed by atoms with Crippen molar-refractivity contribution in [1.82, 2.24) is 10.3 Å². The summed E-state index contributed by atoms with van der Waals surface area (Å²) in [7, 11) is 0. The molecule has 0 aliphatic carbocycles. The first-order valence-electron chi connectivity index (χ1n) is 6.31. The summed E-state index contributed by atoms with van der Waals surface area (Å²) in [6.07, 6.45) is 5.36. The van der Waals surface area contributed by atoms with E-state index in [9.17, 15) is 0 Å². The van der Waals surface area contributed by atoms with Gasteiger partial charge in [-0.3, -0.25) is 4.98 Å². The molecule has 0 radical (unpaired) electrons. The van der Waals surface area contributed by atoms with E-state index in [2.05, 4.69) is 29.0 Å². The second-order valence-electron chi connectivity index (χ2n) is 4.20. The summed E-state index contributed by atoms with van der Waals surface area (Å²) in [5.41, 5.74) is 2.47. The topological polar surface area (TPSA) is 34.1 Å². The number of hydrogen-bond acceptors (Lipinski definition) is 3. The molecule has 21 heavy (non-hydrogen) atoms. The molecule has 0 aliphatic heterocycles. The van der Waals surface area contributed by atoms with E-state index in [0.29, 0.717) is 6.61 Å². The van der Waals surface area contributed by atoms with Crippen LogP contribution in [0.25, 0.3) is 0 Å². The van der Waals surface area contributed by atoms with Gasteiger partial charge in [-0.05, 0) is 35.4 Å². The number of pyridine rings is 1. The van der Waals surface area contributed by atoms with Crippen LogP contribution < -0.4 is 10.1 Å². The molecule has 114 valence electrons. The van der Waals surface area contributed by atoms with Crippen LogP contribution in [0, 0.1) is 0 Å². The van der Waals surface area contributed by atoms with Gasteiger partial charge in [-0.25, -0.2) is 0 Å². The maximum Gasteiger partial charge on any atom is 0.119 e. The fraction of sp³-hybridized carbons (Fsp3) is 0.188. The van der Waals surface area contributed by atoms with Crippen molar-refractivity contribution < 1.29 is 4.74 Å². The van der Waals surface area contributed by atoms with E-state index in [1.165, 1.54) is 11.1 Å². The molecule has 1 aromatic carbocycles. The Morgan fingerprint density at radius 3 is 2.10 bits per heavy atom. The first-order valence-corrected chi connectivity index (χ1v) is 6.31. The minimum atomic E-state index is 0. The average Bonchev–Trinajstić information content (AvgIpc) is 2.47. The Balaban J connectivity index is 0.00000200. The lowest BCUT2D eigenvalue weighted by Crippen LogP contribution is -2.12. The molecule has 0 atom stereocenters. The van der Waals surface area contributed by atoms with Gasteiger partial charge in [0.05, 0.1) is 0 Å². The third kappa shape index (κ3) is 7.14. The van der Waals surface area contributed by atoms with E-state index in [4.69, 9.17) is 4.74 Å². The van der Waals surface area contributed by atoms with E-state index >= 15 is 0 Å². The maximum atomic E-state index is 5.44. The lowest BCUT2D eigenvalue weighted by Gasteiger charge is -2.07. The molecule has 1 N–H and O–H groups in total. The molecule has 2 rings (SSSR count). The zero-order valence-electron chi connectivity index (χ0n) is 11.7. The predicted octanol–water partition coefficient (Wildman–Crippen LogP) is 3.78. The number of nitrogens with zero attached hydrogens (tertiary/aromatic N) is 1. The van der Waals surface area contributed by atoms with Crippen LogP contribution in [-0.2, 0) is 13.1 Å². The number of hydrogen-bond donors (Lipinski definition) is 1. The Morgan fingerprint density at radius 1 is 0.952 bits per heavy atom. The zero-order chi connectivity index (χ0) is 13.3. The predicted molar refractivity (Wildman–Crippen MR) is 91.4 cm³/mol. The van der Waals surface area contributed by atoms with E-state index in [0.717, 1.165) is 18.8 Å². The Morgan fingerprint density at radius 2 is 1.52 bits per heavy atom. The second kappa shape index (κ2) is 11.1. The van der Waals surface area contributed by atoms with Crippen LogP contribution in [0.15, 0.2) is 61.4 Å². The Kier molecular flexibility index (Phi) is 10.3. The third-order valence-electron chi connectivity index (χ3n) is 2.70. The quantitative estimate of drug-likeness (QED) is 0.786. The standard InChI is InChI=1S/C16H18N2O.2ClH/c1-2-11-19-16-5-3-14(4-6-16)12-18-13-15-7-9-17-10-8-15;;/h2-10,18H,1,11-13H2;2*1H. The van der Waals surface area contributed by atoms with Crippen molar-refractivity contribution in [3.63, 3.8) is 0 Å². The smallest absolute Gasteiger partial charge is 0.119 e. The lowest BCUT2D eigenvalue weighted by molar-refractivity contribution is 0.363. The van der Waals surface area contributed by atoms with Gasteiger partial charge in [0.15, 0.2) is 0 Å². The van der Waals surface area contributed by atoms with Crippen molar-refractivity contribution >= 4 is 24.8 Å². The summed E-state index contributed by atoms with van der Waals surface area (Å²) in [4.78, 5) is 4.00. The SMILES string of the molecule is C=CCOc1ccc(CNCc2ccncc2)cc1.Cl.Cl. The number of rotatable bonds is 7. The molecule has 2 aromatic rings. The molecule has 0 saturated heterocycles. The molecule has 0 aliphatic rings. The molecule has 1 aromatic heterocycles. The van der Waals surface area contributed by atoms with E-state index in [-0.39, 0.29) is 24.8 Å². The number of ether oxygens (including phenoxy) is 1. The number of halogens is 2. The number of aromatic nitrogens is 1. The highest BCUT2D eigenvalue weighted by Crippen LogP contribution is 2.12. The maximum absolute atomic E-state index is 5.44. The van der Waals surface area contributed by atoms with Crippen molar-refractivity contribution in [3.05, 3.63) is 72.6 Å². The highest BCUT2D eigenvalue weighted by atomic mass is 35.5. The number of benzene rings is 1. The minimum absolute atomic E-state index is 0. The first kappa shape index (κ1) is 19.4. The molecule has 0 unspecified atom stereocenters. The summed E-state index contributed by atoms with van der Waals surface area (Å²) < 4.78 is 5.44. The van der Waals surface area contributed by atoms with E-state index in [1.807, 2.05) is 36.7 Å². The van der Waals surface area contributed by atoms with E-state index in [1.54, 1.807) is 6.08 Å². The van der Waals surface area contributed by atoms with Crippen LogP contribution in [0.1, 0.15) is 11.1 Å². The molecule has 3 nitrogen and oxygen atoms in total. The average molecular weight is 327 g/mol. The van der Waals surface area contributed by atoms with Crippen LogP contribution in [0.3, 0.4) is 0 Å². The summed E-state index contributed by atoms with van der Waals surface area (Å²) in [6.45, 7) is 5.85. The van der Waals surface area contributed by atoms with Crippen molar-refractivity contribution in [2.75, 3.05) is 6.61 Å². The molecule has 0 spiro atoms. The van der Waals surface area contributed by atoms with Crippen LogP contribution >= 0.6 is 24.8 Å². The van der Waals surface area contributed by atoms with Crippen LogP contribution in [-0.4, -0.2) is 11.6 Å². The highest BCUT2D eigenvalue weighted by molar-refractivity contribution is 5.85. The first-order chi connectivity index (χ1) is 9.38. The zero-order valence-corrected chi connectivity index (χ0v) is 13.3. The normalized spacial score (nSPS) is 9.14. The fourth-order valence-electron chi connectivity index (χ4n) is 1.71. The van der Waals surface area contributed by atoms with Crippen molar-refractivity contribution in [2.45, 2.75) is 13.1 Å². The second-order valence-corrected chi connectivity index (χ2v) is 4.20. The van der Waals surface area contributed by atoms with Crippen LogP contribution in [0.5, 0.6) is 5.75 Å². The molecule has 5 heteroatoms. The number of nitrogens with one attached hydrogen (secondary N) is 1. The molecular weight excluding hydrogens is 307 g/mol. The fourth-order valence-corrected chi connectivity index (χ4v) is 1.71. The molecule has 0 saturated carbocycles. The van der Waals surface area contributed by atoms with Gasteiger partial charge in [-0.2, -0.15) is 0 Å². The van der Waals surface area contributed by atoms with Gasteiger partial charge in [0.25, 0.3) is 0 Å². The molecule has 0 amide bonds. The van der Waals surface area contributed by atoms with Crippen LogP contribution in [0.2, 0.25) is 0 Å². The van der Waals surface area contributed by atoms with Crippen molar-refractivity contribution in [3.8, 4) is 5.75 Å². The summed E-state index contributed by atoms with van der Waals surface area (Å²) in [6, 6.07) is 12.1. The Bertz CT molecular complexity index is 503. The lowest BCUT2D eigenvalue weighted by atomic mass is 10.2. The van der Waals surface area contributed by atoms with Gasteiger partial charge in [0.1, 0.15) is 12.4 Å². The Labute approximate surface area is 138 Å². The van der Waals surface area contributed by atoms with Crippen LogP contribution in [0.4, 0.5) is 0 Å². The van der Waals surface area contributed by atoms with Gasteiger partial charge >= 0.3 is 0 Å². The minimum Gasteiger partial charge on any atom is -0.490 e. The largest absolute Gasteiger partial charge is 0.490 e. The Hall–Kier alpha value is -1.55. The summed E-state index contributed by atoms with van der Waals surface area (Å²) in [5, 5.41) is 3.40. The van der Waals surface area contributed by atoms with E-state index < -0.39 is 0 Å². The molecule has 0 fully saturated rings. The highest BCUT2D eigenvalue weighted by Gasteiger charge is 1.96. The third-order valence-corrected chi connectivity index (χ3v) is 2.70. The molecular formula is C16H20Cl2N2O. The van der Waals surface area contributed by atoms with Gasteiger partial charge in [0, 0.05) is 25.5 Å². The van der Waals surface area contributed by atoms with Gasteiger partial charge in [-0.15, -0.1) is 24.8 Å². The monoisotopic (exact) mass is 326 g/mol. The summed E-state index contributed by atoms with van der Waals surface area (Å²) in [5.74, 6) is 0.873. The molecule has 1 heterocycles. The molecule has 0 bridgehead atoms. The van der Waals surface area contributed by atoms with Gasteiger partial charge < -0.3 is 10.1 Å². The van der Waals surface area contributed by atoms with Crippen molar-refractivity contribution in [1.29, 1.82) is 0 Å². The van der Waals surface area contributed by atoms with Gasteiger partial charge in [-0.1, -0.05) is 24.8 Å². The summed E-state index contributed by atoms with van der Waals surface area (Å²) >= 11 is 0. The van der Waals surface area contributed by atoms with Gasteiger partial charge in [0.2, 0.25) is 0 Å².